The quantitative estimate of drug-likeness (QED) is 0.222. The van der Waals surface area contributed by atoms with Gasteiger partial charge in [-0.2, -0.15) is 0 Å². The van der Waals surface area contributed by atoms with E-state index in [2.05, 4.69) is 122 Å². The Morgan fingerprint density at radius 2 is 1.11 bits per heavy atom. The molecule has 3 aromatic rings. The first-order valence-corrected chi connectivity index (χ1v) is 29.7. The molecule has 0 fully saturated rings. The Balaban J connectivity index is 0.00000190. The maximum atomic E-state index is 2.74. The number of allylic oxidation sites excluding steroid dienone is 8. The summed E-state index contributed by atoms with van der Waals surface area (Å²) in [6.45, 7) is 4.51. The van der Waals surface area contributed by atoms with Crippen molar-refractivity contribution in [2.45, 2.75) is 44.2 Å². The van der Waals surface area contributed by atoms with Crippen LogP contribution in [-0.2, 0) is 28.5 Å². The van der Waals surface area contributed by atoms with Crippen LogP contribution in [0.15, 0.2) is 110 Å². The van der Waals surface area contributed by atoms with E-state index in [1.54, 1.807) is 9.83 Å². The molecule has 0 atom stereocenters. The molecule has 0 N–H and O–H groups in total. The maximum Gasteiger partial charge on any atom is -0.147 e. The number of rotatable bonds is 7. The molecule has 0 bridgehead atoms. The minimum absolute atomic E-state index is 0. The van der Waals surface area contributed by atoms with Gasteiger partial charge in [0.25, 0.3) is 0 Å². The van der Waals surface area contributed by atoms with Gasteiger partial charge in [-0.15, -0.1) is 24.8 Å². The fourth-order valence-electron chi connectivity index (χ4n) is 6.17. The van der Waals surface area contributed by atoms with Crippen molar-refractivity contribution in [3.8, 4) is 0 Å². The second-order valence-corrected chi connectivity index (χ2v) is 46.7. The molecular formula is C33H38Cl2GeZr. The smallest absolute Gasteiger partial charge is 0.147 e. The first kappa shape index (κ1) is 30.2. The van der Waals surface area contributed by atoms with Crippen molar-refractivity contribution >= 4 is 51.4 Å². The molecule has 5 rings (SSSR count). The van der Waals surface area contributed by atoms with Crippen LogP contribution < -0.4 is 3.27 Å². The molecule has 0 spiro atoms. The third-order valence-electron chi connectivity index (χ3n) is 8.34. The second-order valence-electron chi connectivity index (χ2n) is 10.5. The summed E-state index contributed by atoms with van der Waals surface area (Å²) < 4.78 is 7.89. The zero-order valence-electron chi connectivity index (χ0n) is 22.2. The second kappa shape index (κ2) is 12.2. The normalized spacial score (nSPS) is 15.1. The maximum absolute atomic E-state index is 3.78. The standard InChI is InChI=1S/2C13H13.C6H5.CH3.2ClH.GeH2.Zr/c2*1-2-11-6-5-9-13(10-11)12-7-3-4-8-12;1-2-4-6-5-3-1;;;;;/h2*3,5-7,9-10H,2,4H2,1H3;1-5H;1H3;2*1H;1H2;. The fraction of sp³-hybridized carbons (Fsp3) is 0.212. The van der Waals surface area contributed by atoms with Crippen molar-refractivity contribution in [2.75, 3.05) is 0 Å². The SMILES string of the molecule is CCc1cccc(C2=[C]([Zr]([CH3])(=[GeH2])([C]3=C(c4cccc(CC)c4)C=CC3)[c]3ccccc3)CC=C2)c1.Cl.Cl. The number of hydrogen-bond donors (Lipinski definition) is 0. The van der Waals surface area contributed by atoms with Gasteiger partial charge in [-0.25, -0.2) is 0 Å². The van der Waals surface area contributed by atoms with Gasteiger partial charge < -0.3 is 0 Å². The van der Waals surface area contributed by atoms with Gasteiger partial charge in [-0.05, 0) is 0 Å². The molecule has 2 aliphatic rings. The Hall–Kier alpha value is -1.37. The molecule has 192 valence electrons. The Morgan fingerprint density at radius 1 is 0.649 bits per heavy atom. The van der Waals surface area contributed by atoms with Crippen molar-refractivity contribution in [1.29, 1.82) is 0 Å². The van der Waals surface area contributed by atoms with Gasteiger partial charge >= 0.3 is 218 Å². The molecule has 0 saturated carbocycles. The molecule has 0 heterocycles. The summed E-state index contributed by atoms with van der Waals surface area (Å²) >= 11 is -2.44. The molecule has 2 aliphatic carbocycles. The van der Waals surface area contributed by atoms with Gasteiger partial charge in [0.05, 0.1) is 0 Å². The Bertz CT molecular complexity index is 1390. The predicted molar refractivity (Wildman–Crippen MR) is 168 cm³/mol. The summed E-state index contributed by atoms with van der Waals surface area (Å²) in [6, 6.07) is 30.2. The minimum atomic E-state index is -3.78. The van der Waals surface area contributed by atoms with Crippen LogP contribution in [0.25, 0.3) is 11.1 Å². The van der Waals surface area contributed by atoms with Crippen LogP contribution >= 0.6 is 24.8 Å². The Kier molecular flexibility index (Phi) is 9.96. The molecule has 37 heavy (non-hydrogen) atoms. The molecule has 0 aliphatic heterocycles. The van der Waals surface area contributed by atoms with Gasteiger partial charge in [0.2, 0.25) is 0 Å². The van der Waals surface area contributed by atoms with Gasteiger partial charge in [0, 0.05) is 0 Å². The average molecular weight is 669 g/mol. The zero-order valence-corrected chi connectivity index (χ0v) is 29.2. The van der Waals surface area contributed by atoms with E-state index in [-0.39, 0.29) is 24.8 Å². The minimum Gasteiger partial charge on any atom is -0.147 e. The summed E-state index contributed by atoms with van der Waals surface area (Å²) in [5, 5.41) is 0. The van der Waals surface area contributed by atoms with Gasteiger partial charge in [0.1, 0.15) is 0 Å². The largest absolute Gasteiger partial charge is 0.147 e. The summed E-state index contributed by atoms with van der Waals surface area (Å²) in [5.41, 5.74) is 8.66. The summed E-state index contributed by atoms with van der Waals surface area (Å²) in [6.07, 6.45) is 14.1. The molecule has 4 heteroatoms. The van der Waals surface area contributed by atoms with E-state index >= 15 is 0 Å². The van der Waals surface area contributed by atoms with E-state index in [0.29, 0.717) is 0 Å². The first-order valence-electron chi connectivity index (χ1n) is 13.0. The topological polar surface area (TPSA) is 0 Å². The van der Waals surface area contributed by atoms with E-state index in [1.165, 1.54) is 45.5 Å². The molecular weight excluding hydrogens is 631 g/mol. The van der Waals surface area contributed by atoms with Crippen molar-refractivity contribution in [3.63, 3.8) is 0 Å². The molecule has 0 unspecified atom stereocenters. The van der Waals surface area contributed by atoms with E-state index in [9.17, 15) is 0 Å². The summed E-state index contributed by atoms with van der Waals surface area (Å²) in [7, 11) is 0. The monoisotopic (exact) mass is 668 g/mol. The average Bonchev–Trinajstić information content (AvgIpc) is 3.61. The van der Waals surface area contributed by atoms with Crippen LogP contribution in [0.2, 0.25) is 4.63 Å². The molecule has 0 nitrogen and oxygen atoms in total. The van der Waals surface area contributed by atoms with Gasteiger partial charge in [-0.1, -0.05) is 0 Å². The van der Waals surface area contributed by atoms with Crippen LogP contribution in [0, 0.1) is 0 Å². The van der Waals surface area contributed by atoms with Crippen LogP contribution in [-0.4, -0.2) is 12.1 Å². The van der Waals surface area contributed by atoms with Crippen LogP contribution in [0.3, 0.4) is 0 Å². The Labute approximate surface area is 241 Å². The van der Waals surface area contributed by atoms with Crippen molar-refractivity contribution in [2.24, 2.45) is 0 Å². The Morgan fingerprint density at radius 3 is 1.54 bits per heavy atom. The van der Waals surface area contributed by atoms with Crippen molar-refractivity contribution < 1.29 is 15.7 Å². The third kappa shape index (κ3) is 5.40. The zero-order chi connectivity index (χ0) is 24.5. The molecule has 0 radical (unpaired) electrons. The predicted octanol–water partition coefficient (Wildman–Crippen LogP) is 8.31. The van der Waals surface area contributed by atoms with E-state index in [1.807, 2.05) is 0 Å². The number of aryl methyl sites for hydroxylation is 2. The summed E-state index contributed by atoms with van der Waals surface area (Å²) in [5.74, 6) is 0. The van der Waals surface area contributed by atoms with Crippen LogP contribution in [0.5, 0.6) is 0 Å². The molecule has 0 amide bonds. The molecule has 0 aromatic heterocycles. The van der Waals surface area contributed by atoms with E-state index < -0.39 is 15.7 Å². The number of halogens is 2. The third-order valence-corrected chi connectivity index (χ3v) is 39.0. The molecule has 3 aromatic carbocycles. The first-order chi connectivity index (χ1) is 16.9. The van der Waals surface area contributed by atoms with Crippen LogP contribution in [0.4, 0.5) is 0 Å². The fourth-order valence-corrected chi connectivity index (χ4v) is 30.7. The number of benzene rings is 3. The van der Waals surface area contributed by atoms with Gasteiger partial charge in [0.15, 0.2) is 0 Å². The molecule has 0 saturated heterocycles. The van der Waals surface area contributed by atoms with Crippen molar-refractivity contribution in [1.82, 2.24) is 0 Å². The van der Waals surface area contributed by atoms with E-state index in [0.717, 1.165) is 25.7 Å². The number of hydrogen-bond acceptors (Lipinski definition) is 0. The summed E-state index contributed by atoms with van der Waals surface area (Å²) in [4.78, 5) is 0. The van der Waals surface area contributed by atoms with E-state index in [4.69, 9.17) is 0 Å². The van der Waals surface area contributed by atoms with Crippen LogP contribution in [0.1, 0.15) is 48.9 Å². The van der Waals surface area contributed by atoms with Crippen molar-refractivity contribution in [3.05, 3.63) is 132 Å². The van der Waals surface area contributed by atoms with Gasteiger partial charge in [-0.3, -0.25) is 0 Å².